The van der Waals surface area contributed by atoms with Crippen LogP contribution >= 0.6 is 11.8 Å². The fourth-order valence-corrected chi connectivity index (χ4v) is 3.54. The third-order valence-corrected chi connectivity index (χ3v) is 4.74. The molecule has 4 rings (SSSR count). The van der Waals surface area contributed by atoms with E-state index in [0.29, 0.717) is 11.2 Å². The van der Waals surface area contributed by atoms with Crippen LogP contribution in [0.2, 0.25) is 0 Å². The predicted molar refractivity (Wildman–Crippen MR) is 67.1 cm³/mol. The van der Waals surface area contributed by atoms with Gasteiger partial charge in [0.05, 0.1) is 5.25 Å². The van der Waals surface area contributed by atoms with Crippen LogP contribution in [0.5, 0.6) is 0 Å². The van der Waals surface area contributed by atoms with Crippen molar-refractivity contribution in [2.75, 3.05) is 0 Å². The number of hydrogen-bond donors (Lipinski definition) is 1. The SMILES string of the molecule is c1ccc2c(c1)CC(c1nc(C3CC3)n[nH]1)S2. The van der Waals surface area contributed by atoms with Crippen LogP contribution in [0.1, 0.15) is 41.2 Å². The average Bonchev–Trinajstić information content (AvgIpc) is 2.94. The summed E-state index contributed by atoms with van der Waals surface area (Å²) in [5, 5.41) is 7.88. The van der Waals surface area contributed by atoms with Gasteiger partial charge in [0.1, 0.15) is 5.82 Å². The van der Waals surface area contributed by atoms with Crippen molar-refractivity contribution < 1.29 is 0 Å². The summed E-state index contributed by atoms with van der Waals surface area (Å²) in [7, 11) is 0. The van der Waals surface area contributed by atoms with Gasteiger partial charge in [0.25, 0.3) is 0 Å². The minimum atomic E-state index is 0.424. The van der Waals surface area contributed by atoms with Crippen LogP contribution in [0.3, 0.4) is 0 Å². The second kappa shape index (κ2) is 3.60. The number of fused-ring (bicyclic) bond motifs is 1. The van der Waals surface area contributed by atoms with E-state index in [9.17, 15) is 0 Å². The Kier molecular flexibility index (Phi) is 2.06. The zero-order valence-corrected chi connectivity index (χ0v) is 10.2. The number of benzene rings is 1. The van der Waals surface area contributed by atoms with Gasteiger partial charge in [0.15, 0.2) is 5.82 Å². The molecule has 2 aliphatic rings. The van der Waals surface area contributed by atoms with E-state index in [-0.39, 0.29) is 0 Å². The molecule has 0 saturated heterocycles. The molecule has 1 aromatic carbocycles. The quantitative estimate of drug-likeness (QED) is 0.881. The highest BCUT2D eigenvalue weighted by molar-refractivity contribution is 7.99. The molecule has 86 valence electrons. The number of hydrogen-bond acceptors (Lipinski definition) is 3. The monoisotopic (exact) mass is 243 g/mol. The Morgan fingerprint density at radius 1 is 1.24 bits per heavy atom. The molecule has 0 spiro atoms. The van der Waals surface area contributed by atoms with Gasteiger partial charge in [-0.3, -0.25) is 5.10 Å². The van der Waals surface area contributed by atoms with E-state index < -0.39 is 0 Å². The molecule has 1 N–H and O–H groups in total. The Morgan fingerprint density at radius 2 is 2.12 bits per heavy atom. The highest BCUT2D eigenvalue weighted by Gasteiger charge is 2.31. The molecule has 3 nitrogen and oxygen atoms in total. The Hall–Kier alpha value is -1.29. The Balaban J connectivity index is 1.60. The predicted octanol–water partition coefficient (Wildman–Crippen LogP) is 3.07. The van der Waals surface area contributed by atoms with Crippen LogP contribution in [-0.2, 0) is 6.42 Å². The summed E-state index contributed by atoms with van der Waals surface area (Å²) in [6.45, 7) is 0. The van der Waals surface area contributed by atoms with Crippen molar-refractivity contribution in [1.82, 2.24) is 15.2 Å². The molecule has 1 fully saturated rings. The molecule has 0 bridgehead atoms. The van der Waals surface area contributed by atoms with Gasteiger partial charge < -0.3 is 0 Å². The van der Waals surface area contributed by atoms with Crippen molar-refractivity contribution in [3.8, 4) is 0 Å². The molecule has 4 heteroatoms. The van der Waals surface area contributed by atoms with E-state index in [1.165, 1.54) is 23.3 Å². The van der Waals surface area contributed by atoms with E-state index in [1.807, 2.05) is 11.8 Å². The van der Waals surface area contributed by atoms with Gasteiger partial charge in [-0.25, -0.2) is 4.98 Å². The lowest BCUT2D eigenvalue weighted by atomic mass is 10.1. The first-order valence-electron chi connectivity index (χ1n) is 6.07. The van der Waals surface area contributed by atoms with Crippen molar-refractivity contribution in [3.05, 3.63) is 41.5 Å². The van der Waals surface area contributed by atoms with Gasteiger partial charge in [0, 0.05) is 10.8 Å². The van der Waals surface area contributed by atoms with Crippen LogP contribution in [0.25, 0.3) is 0 Å². The fraction of sp³-hybridized carbons (Fsp3) is 0.385. The van der Waals surface area contributed by atoms with Gasteiger partial charge in [-0.15, -0.1) is 11.8 Å². The highest BCUT2D eigenvalue weighted by atomic mass is 32.2. The molecule has 1 saturated carbocycles. The number of H-pyrrole nitrogens is 1. The molecular weight excluding hydrogens is 230 g/mol. The molecule has 1 aliphatic heterocycles. The van der Waals surface area contributed by atoms with Crippen LogP contribution < -0.4 is 0 Å². The Labute approximate surface area is 104 Å². The number of nitrogens with one attached hydrogen (secondary N) is 1. The lowest BCUT2D eigenvalue weighted by Gasteiger charge is -2.01. The summed E-state index contributed by atoms with van der Waals surface area (Å²) in [6.07, 6.45) is 3.59. The van der Waals surface area contributed by atoms with E-state index in [4.69, 9.17) is 0 Å². The maximum atomic E-state index is 4.65. The molecular formula is C13H13N3S. The van der Waals surface area contributed by atoms with E-state index in [2.05, 4.69) is 39.4 Å². The zero-order chi connectivity index (χ0) is 11.2. The fourth-order valence-electron chi connectivity index (χ4n) is 2.29. The normalized spacial score (nSPS) is 22.7. The maximum Gasteiger partial charge on any atom is 0.153 e. The molecule has 0 radical (unpaired) electrons. The molecule has 2 heterocycles. The summed E-state index contributed by atoms with van der Waals surface area (Å²) in [6, 6.07) is 8.61. The Morgan fingerprint density at radius 3 is 2.94 bits per heavy atom. The summed E-state index contributed by atoms with van der Waals surface area (Å²) in [5.74, 6) is 2.71. The van der Waals surface area contributed by atoms with Crippen molar-refractivity contribution in [1.29, 1.82) is 0 Å². The standard InChI is InChI=1S/C13H13N3S/c1-2-4-10-9(3-1)7-11(17-10)13-14-12(15-16-13)8-5-6-8/h1-4,8,11H,5-7H2,(H,14,15,16). The second-order valence-electron chi connectivity index (χ2n) is 4.77. The number of aromatic nitrogens is 3. The first kappa shape index (κ1) is 9.71. The first-order chi connectivity index (χ1) is 8.40. The third kappa shape index (κ3) is 1.67. The van der Waals surface area contributed by atoms with E-state index >= 15 is 0 Å². The van der Waals surface area contributed by atoms with E-state index in [0.717, 1.165) is 18.1 Å². The van der Waals surface area contributed by atoms with Crippen LogP contribution in [0.15, 0.2) is 29.2 Å². The molecule has 1 unspecified atom stereocenters. The number of thioether (sulfide) groups is 1. The number of nitrogens with zero attached hydrogens (tertiary/aromatic N) is 2. The van der Waals surface area contributed by atoms with Gasteiger partial charge in [0.2, 0.25) is 0 Å². The van der Waals surface area contributed by atoms with Crippen molar-refractivity contribution in [2.45, 2.75) is 35.3 Å². The summed E-state index contributed by atoms with van der Waals surface area (Å²) in [5.41, 5.74) is 1.44. The van der Waals surface area contributed by atoms with Gasteiger partial charge in [-0.2, -0.15) is 5.10 Å². The maximum absolute atomic E-state index is 4.65. The van der Waals surface area contributed by atoms with Crippen molar-refractivity contribution in [2.24, 2.45) is 0 Å². The molecule has 1 aliphatic carbocycles. The second-order valence-corrected chi connectivity index (χ2v) is 6.02. The lowest BCUT2D eigenvalue weighted by molar-refractivity contribution is 0.857. The topological polar surface area (TPSA) is 41.6 Å². The minimum Gasteiger partial charge on any atom is -0.262 e. The lowest BCUT2D eigenvalue weighted by Crippen LogP contribution is -1.95. The van der Waals surface area contributed by atoms with Crippen LogP contribution in [0, 0.1) is 0 Å². The first-order valence-corrected chi connectivity index (χ1v) is 6.95. The summed E-state index contributed by atoms with van der Waals surface area (Å²) < 4.78 is 0. The number of rotatable bonds is 2. The third-order valence-electron chi connectivity index (χ3n) is 3.41. The average molecular weight is 243 g/mol. The van der Waals surface area contributed by atoms with Gasteiger partial charge in [-0.05, 0) is 30.9 Å². The largest absolute Gasteiger partial charge is 0.262 e. The van der Waals surface area contributed by atoms with Crippen LogP contribution in [-0.4, -0.2) is 15.2 Å². The zero-order valence-electron chi connectivity index (χ0n) is 9.39. The molecule has 1 aromatic heterocycles. The summed E-state index contributed by atoms with van der Waals surface area (Å²) >= 11 is 1.90. The van der Waals surface area contributed by atoms with Gasteiger partial charge in [-0.1, -0.05) is 18.2 Å². The molecule has 0 amide bonds. The van der Waals surface area contributed by atoms with E-state index in [1.54, 1.807) is 0 Å². The van der Waals surface area contributed by atoms with Crippen molar-refractivity contribution in [3.63, 3.8) is 0 Å². The Bertz CT molecular complexity index is 534. The molecule has 17 heavy (non-hydrogen) atoms. The summed E-state index contributed by atoms with van der Waals surface area (Å²) in [4.78, 5) is 6.04. The van der Waals surface area contributed by atoms with Crippen LogP contribution in [0.4, 0.5) is 0 Å². The van der Waals surface area contributed by atoms with Crippen molar-refractivity contribution >= 4 is 11.8 Å². The molecule has 2 aromatic rings. The smallest absolute Gasteiger partial charge is 0.153 e. The molecule has 1 atom stereocenters. The highest BCUT2D eigenvalue weighted by Crippen LogP contribution is 2.46. The van der Waals surface area contributed by atoms with Gasteiger partial charge >= 0.3 is 0 Å². The minimum absolute atomic E-state index is 0.424. The number of aromatic amines is 1.